The molecule has 0 saturated heterocycles. The largest absolute Gasteiger partial charge is 0.321 e. The zero-order valence-corrected chi connectivity index (χ0v) is 12.9. The van der Waals surface area contributed by atoms with Gasteiger partial charge in [0.25, 0.3) is 11.5 Å². The average molecular weight is 285 g/mol. The van der Waals surface area contributed by atoms with E-state index in [4.69, 9.17) is 0 Å². The van der Waals surface area contributed by atoms with Crippen molar-refractivity contribution in [2.45, 2.75) is 34.6 Å². The molecule has 1 amide bonds. The lowest BCUT2D eigenvalue weighted by Crippen LogP contribution is -2.27. The van der Waals surface area contributed by atoms with Gasteiger partial charge in [0.05, 0.1) is 5.69 Å². The molecule has 0 fully saturated rings. The van der Waals surface area contributed by atoms with E-state index in [1.54, 1.807) is 13.8 Å². The van der Waals surface area contributed by atoms with Crippen LogP contribution < -0.4 is 10.9 Å². The molecule has 2 rings (SSSR count). The molecule has 110 valence electrons. The summed E-state index contributed by atoms with van der Waals surface area (Å²) in [6.45, 7) is 9.21. The molecule has 0 unspecified atom stereocenters. The van der Waals surface area contributed by atoms with E-state index in [1.807, 2.05) is 32.9 Å². The third-order valence-electron chi connectivity index (χ3n) is 3.36. The number of rotatable bonds is 2. The molecule has 2 aromatic rings. The molecule has 0 saturated carbocycles. The highest BCUT2D eigenvalue weighted by molar-refractivity contribution is 6.05. The Labute approximate surface area is 123 Å². The van der Waals surface area contributed by atoms with Crippen molar-refractivity contribution < 1.29 is 4.79 Å². The molecule has 1 heterocycles. The number of hydrogen-bond acceptors (Lipinski definition) is 3. The Balaban J connectivity index is 2.42. The summed E-state index contributed by atoms with van der Waals surface area (Å²) >= 11 is 0. The smallest absolute Gasteiger partial charge is 0.264 e. The van der Waals surface area contributed by atoms with Crippen molar-refractivity contribution in [1.29, 1.82) is 0 Å². The van der Waals surface area contributed by atoms with Gasteiger partial charge in [0.2, 0.25) is 0 Å². The number of hydrogen-bond donors (Lipinski definition) is 2. The first-order valence-electron chi connectivity index (χ1n) is 6.76. The van der Waals surface area contributed by atoms with Crippen LogP contribution in [0.5, 0.6) is 0 Å². The van der Waals surface area contributed by atoms with Gasteiger partial charge in [-0.3, -0.25) is 9.59 Å². The lowest BCUT2D eigenvalue weighted by atomic mass is 10.0. The predicted octanol–water partition coefficient (Wildman–Crippen LogP) is 2.56. The van der Waals surface area contributed by atoms with E-state index in [0.29, 0.717) is 11.5 Å². The molecule has 0 aliphatic carbocycles. The first-order valence-corrected chi connectivity index (χ1v) is 6.76. The fourth-order valence-corrected chi connectivity index (χ4v) is 2.55. The second kappa shape index (κ2) is 5.52. The summed E-state index contributed by atoms with van der Waals surface area (Å²) in [5.41, 5.74) is 3.88. The summed E-state index contributed by atoms with van der Waals surface area (Å²) in [4.78, 5) is 31.0. The zero-order valence-electron chi connectivity index (χ0n) is 12.9. The standard InChI is InChI=1S/C16H19N3O2/c1-8-6-9(2)14(10(3)7-8)19-16(21)13-11(4)17-12(5)18-15(13)20/h6-7H,1-5H3,(H,19,21)(H,17,18,20). The maximum Gasteiger partial charge on any atom is 0.264 e. The minimum Gasteiger partial charge on any atom is -0.321 e. The van der Waals surface area contributed by atoms with Crippen LogP contribution in [-0.2, 0) is 0 Å². The summed E-state index contributed by atoms with van der Waals surface area (Å²) in [7, 11) is 0. The van der Waals surface area contributed by atoms with Gasteiger partial charge >= 0.3 is 0 Å². The highest BCUT2D eigenvalue weighted by Gasteiger charge is 2.17. The van der Waals surface area contributed by atoms with Crippen LogP contribution in [-0.4, -0.2) is 15.9 Å². The predicted molar refractivity (Wildman–Crippen MR) is 82.9 cm³/mol. The summed E-state index contributed by atoms with van der Waals surface area (Å²) in [6, 6.07) is 3.99. The van der Waals surface area contributed by atoms with Crippen LogP contribution in [0.25, 0.3) is 0 Å². The highest BCUT2D eigenvalue weighted by atomic mass is 16.2. The van der Waals surface area contributed by atoms with Gasteiger partial charge in [-0.25, -0.2) is 4.98 Å². The molecule has 0 atom stereocenters. The lowest BCUT2D eigenvalue weighted by molar-refractivity contribution is 0.102. The van der Waals surface area contributed by atoms with Gasteiger partial charge in [0.15, 0.2) is 0 Å². The number of aromatic amines is 1. The van der Waals surface area contributed by atoms with Crippen molar-refractivity contribution in [3.63, 3.8) is 0 Å². The van der Waals surface area contributed by atoms with Crippen molar-refractivity contribution in [2.75, 3.05) is 5.32 Å². The van der Waals surface area contributed by atoms with Gasteiger partial charge in [0, 0.05) is 5.69 Å². The quantitative estimate of drug-likeness (QED) is 0.890. The number of nitrogens with one attached hydrogen (secondary N) is 2. The molecule has 1 aromatic heterocycles. The number of aryl methyl sites for hydroxylation is 5. The Hall–Kier alpha value is -2.43. The molecular weight excluding hydrogens is 266 g/mol. The van der Waals surface area contributed by atoms with Crippen LogP contribution in [0, 0.1) is 34.6 Å². The minimum absolute atomic E-state index is 0.0555. The van der Waals surface area contributed by atoms with Gasteiger partial charge in [-0.2, -0.15) is 0 Å². The first kappa shape index (κ1) is 15.0. The highest BCUT2D eigenvalue weighted by Crippen LogP contribution is 2.22. The van der Waals surface area contributed by atoms with Crippen LogP contribution in [0.15, 0.2) is 16.9 Å². The van der Waals surface area contributed by atoms with Gasteiger partial charge in [-0.1, -0.05) is 17.7 Å². The molecule has 2 N–H and O–H groups in total. The topological polar surface area (TPSA) is 74.8 Å². The molecule has 0 aliphatic heterocycles. The molecule has 0 spiro atoms. The van der Waals surface area contributed by atoms with Crippen molar-refractivity contribution in [3.8, 4) is 0 Å². The monoisotopic (exact) mass is 285 g/mol. The number of aromatic nitrogens is 2. The van der Waals surface area contributed by atoms with Crippen molar-refractivity contribution >= 4 is 11.6 Å². The summed E-state index contributed by atoms with van der Waals surface area (Å²) in [5, 5.41) is 2.82. The maximum atomic E-state index is 12.4. The van der Waals surface area contributed by atoms with Crippen molar-refractivity contribution in [1.82, 2.24) is 9.97 Å². The van der Waals surface area contributed by atoms with E-state index in [2.05, 4.69) is 15.3 Å². The maximum absolute atomic E-state index is 12.4. The SMILES string of the molecule is Cc1cc(C)c(NC(=O)c2c(C)nc(C)[nH]c2=O)c(C)c1. The molecular formula is C16H19N3O2. The Morgan fingerprint density at radius 2 is 1.67 bits per heavy atom. The number of H-pyrrole nitrogens is 1. The lowest BCUT2D eigenvalue weighted by Gasteiger charge is -2.13. The molecule has 21 heavy (non-hydrogen) atoms. The van der Waals surface area contributed by atoms with Gasteiger partial charge in [-0.15, -0.1) is 0 Å². The van der Waals surface area contributed by atoms with Crippen molar-refractivity contribution in [3.05, 3.63) is 56.3 Å². The molecule has 0 bridgehead atoms. The Kier molecular flexibility index (Phi) is 3.93. The Morgan fingerprint density at radius 3 is 2.19 bits per heavy atom. The van der Waals surface area contributed by atoms with Gasteiger partial charge in [-0.05, 0) is 45.7 Å². The van der Waals surface area contributed by atoms with Gasteiger partial charge < -0.3 is 10.3 Å². The molecule has 0 aliphatic rings. The second-order valence-corrected chi connectivity index (χ2v) is 5.34. The van der Waals surface area contributed by atoms with Crippen LogP contribution in [0.4, 0.5) is 5.69 Å². The molecule has 0 radical (unpaired) electrons. The van der Waals surface area contributed by atoms with Crippen LogP contribution in [0.1, 0.15) is 38.6 Å². The van der Waals surface area contributed by atoms with Crippen LogP contribution in [0.2, 0.25) is 0 Å². The van der Waals surface area contributed by atoms with E-state index in [0.717, 1.165) is 22.4 Å². The van der Waals surface area contributed by atoms with E-state index in [9.17, 15) is 9.59 Å². The zero-order chi connectivity index (χ0) is 15.7. The fraction of sp³-hybridized carbons (Fsp3) is 0.312. The van der Waals surface area contributed by atoms with Crippen LogP contribution >= 0.6 is 0 Å². The van der Waals surface area contributed by atoms with E-state index in [1.165, 1.54) is 0 Å². The Bertz CT molecular complexity index is 753. The Morgan fingerprint density at radius 1 is 1.10 bits per heavy atom. The number of anilines is 1. The van der Waals surface area contributed by atoms with Crippen LogP contribution in [0.3, 0.4) is 0 Å². The molecule has 1 aromatic carbocycles. The first-order chi connectivity index (χ1) is 9.79. The number of carbonyl (C=O) groups excluding carboxylic acids is 1. The fourth-order valence-electron chi connectivity index (χ4n) is 2.55. The van der Waals surface area contributed by atoms with E-state index >= 15 is 0 Å². The number of amides is 1. The summed E-state index contributed by atoms with van der Waals surface area (Å²) < 4.78 is 0. The number of carbonyl (C=O) groups is 1. The normalized spacial score (nSPS) is 10.5. The third kappa shape index (κ3) is 3.02. The number of benzene rings is 1. The average Bonchev–Trinajstić information content (AvgIpc) is 2.32. The number of nitrogens with zero attached hydrogens (tertiary/aromatic N) is 1. The van der Waals surface area contributed by atoms with E-state index < -0.39 is 11.5 Å². The van der Waals surface area contributed by atoms with Gasteiger partial charge in [0.1, 0.15) is 11.4 Å². The third-order valence-corrected chi connectivity index (χ3v) is 3.36. The second-order valence-electron chi connectivity index (χ2n) is 5.34. The van der Waals surface area contributed by atoms with Crippen molar-refractivity contribution in [2.24, 2.45) is 0 Å². The molecule has 5 heteroatoms. The van der Waals surface area contributed by atoms with E-state index in [-0.39, 0.29) is 5.56 Å². The molecule has 5 nitrogen and oxygen atoms in total. The summed E-state index contributed by atoms with van der Waals surface area (Å²) in [5.74, 6) is 0.0630. The summed E-state index contributed by atoms with van der Waals surface area (Å²) in [6.07, 6.45) is 0. The minimum atomic E-state index is -0.434.